The summed E-state index contributed by atoms with van der Waals surface area (Å²) in [6.07, 6.45) is 0.629. The third-order valence-corrected chi connectivity index (χ3v) is 2.13. The molecule has 1 rings (SSSR count). The van der Waals surface area contributed by atoms with Crippen molar-refractivity contribution in [2.45, 2.75) is 19.4 Å². The van der Waals surface area contributed by atoms with Gasteiger partial charge in [-0.3, -0.25) is 9.59 Å². The van der Waals surface area contributed by atoms with Gasteiger partial charge in [-0.2, -0.15) is 9.90 Å². The average molecular weight is 256 g/mol. The van der Waals surface area contributed by atoms with E-state index in [0.29, 0.717) is 6.61 Å². The first kappa shape index (κ1) is 14.1. The van der Waals surface area contributed by atoms with Crippen molar-refractivity contribution in [2.75, 3.05) is 13.2 Å². The van der Waals surface area contributed by atoms with Crippen LogP contribution in [-0.2, 0) is 16.6 Å². The number of amides is 1. The van der Waals surface area contributed by atoms with E-state index in [1.807, 2.05) is 0 Å². The highest BCUT2D eigenvalue weighted by Gasteiger charge is 2.16. The van der Waals surface area contributed by atoms with E-state index < -0.39 is 18.0 Å². The summed E-state index contributed by atoms with van der Waals surface area (Å²) < 4.78 is 5.21. The number of hydrogen-bond donors (Lipinski definition) is 2. The number of nitrogens with zero attached hydrogens (tertiary/aromatic N) is 3. The maximum absolute atomic E-state index is 11.6. The van der Waals surface area contributed by atoms with Crippen LogP contribution >= 0.6 is 0 Å². The molecule has 1 atom stereocenters. The zero-order valence-electron chi connectivity index (χ0n) is 10.3. The Balaban J connectivity index is 2.46. The fourth-order valence-electron chi connectivity index (χ4n) is 1.37. The topological polar surface area (TPSA) is 106 Å². The number of aryl methyl sites for hydroxylation is 1. The van der Waals surface area contributed by atoms with Gasteiger partial charge >= 0.3 is 5.97 Å². The van der Waals surface area contributed by atoms with Gasteiger partial charge in [0.05, 0.1) is 18.7 Å². The van der Waals surface area contributed by atoms with Gasteiger partial charge in [-0.05, 0) is 6.92 Å². The van der Waals surface area contributed by atoms with Crippen molar-refractivity contribution in [3.05, 3.63) is 11.9 Å². The molecule has 8 nitrogen and oxygen atoms in total. The van der Waals surface area contributed by atoms with Crippen molar-refractivity contribution in [3.8, 4) is 0 Å². The molecule has 18 heavy (non-hydrogen) atoms. The van der Waals surface area contributed by atoms with Gasteiger partial charge in [0.2, 0.25) is 0 Å². The van der Waals surface area contributed by atoms with Crippen molar-refractivity contribution in [1.82, 2.24) is 20.3 Å². The number of carboxylic acids is 1. The van der Waals surface area contributed by atoms with Gasteiger partial charge in [-0.15, -0.1) is 5.10 Å². The Bertz CT molecular complexity index is 418. The highest BCUT2D eigenvalue weighted by Crippen LogP contribution is 1.98. The molecule has 0 aromatic carbocycles. The quantitative estimate of drug-likeness (QED) is 0.676. The van der Waals surface area contributed by atoms with Gasteiger partial charge in [0.15, 0.2) is 5.69 Å². The minimum absolute atomic E-state index is 0.121. The summed E-state index contributed by atoms with van der Waals surface area (Å²) in [5, 5.41) is 18.8. The van der Waals surface area contributed by atoms with Crippen molar-refractivity contribution in [2.24, 2.45) is 7.05 Å². The molecular weight excluding hydrogens is 240 g/mol. The number of carbonyl (C=O) groups excluding carboxylic acids is 1. The van der Waals surface area contributed by atoms with Crippen LogP contribution in [-0.4, -0.2) is 51.2 Å². The number of aromatic nitrogens is 3. The van der Waals surface area contributed by atoms with E-state index >= 15 is 0 Å². The van der Waals surface area contributed by atoms with Crippen LogP contribution in [0.2, 0.25) is 0 Å². The van der Waals surface area contributed by atoms with E-state index in [-0.39, 0.29) is 18.7 Å². The molecule has 0 spiro atoms. The molecule has 1 unspecified atom stereocenters. The van der Waals surface area contributed by atoms with E-state index in [1.54, 1.807) is 14.0 Å². The Morgan fingerprint density at radius 2 is 2.33 bits per heavy atom. The maximum Gasteiger partial charge on any atom is 0.306 e. The molecule has 2 N–H and O–H groups in total. The van der Waals surface area contributed by atoms with Crippen LogP contribution in [0, 0.1) is 0 Å². The van der Waals surface area contributed by atoms with E-state index in [1.165, 1.54) is 11.0 Å². The van der Waals surface area contributed by atoms with Gasteiger partial charge < -0.3 is 15.2 Å². The third kappa shape index (κ3) is 4.50. The number of nitrogens with one attached hydrogen (secondary N) is 1. The second-order valence-electron chi connectivity index (χ2n) is 3.60. The first-order valence-electron chi connectivity index (χ1n) is 5.50. The second kappa shape index (κ2) is 6.70. The predicted molar refractivity (Wildman–Crippen MR) is 61.0 cm³/mol. The number of carbonyl (C=O) groups is 2. The minimum Gasteiger partial charge on any atom is -0.481 e. The Morgan fingerprint density at radius 1 is 1.61 bits per heavy atom. The Hall–Kier alpha value is -1.96. The van der Waals surface area contributed by atoms with Gasteiger partial charge in [-0.1, -0.05) is 0 Å². The Kier molecular flexibility index (Phi) is 5.25. The molecule has 0 radical (unpaired) electrons. The maximum atomic E-state index is 11.6. The summed E-state index contributed by atoms with van der Waals surface area (Å²) in [5.74, 6) is -1.37. The van der Waals surface area contributed by atoms with Gasteiger partial charge in [0, 0.05) is 20.2 Å². The molecule has 0 bridgehead atoms. The lowest BCUT2D eigenvalue weighted by Gasteiger charge is -2.15. The lowest BCUT2D eigenvalue weighted by molar-refractivity contribution is -0.140. The van der Waals surface area contributed by atoms with Crippen molar-refractivity contribution >= 4 is 11.9 Å². The predicted octanol–water partition coefficient (Wildman–Crippen LogP) is -0.575. The highest BCUT2D eigenvalue weighted by atomic mass is 16.5. The third-order valence-electron chi connectivity index (χ3n) is 2.13. The first-order valence-corrected chi connectivity index (χ1v) is 5.50. The zero-order chi connectivity index (χ0) is 13.5. The molecule has 0 aliphatic heterocycles. The first-order chi connectivity index (χ1) is 8.52. The van der Waals surface area contributed by atoms with Crippen LogP contribution in [0.5, 0.6) is 0 Å². The zero-order valence-corrected chi connectivity index (χ0v) is 10.3. The molecule has 0 saturated carbocycles. The smallest absolute Gasteiger partial charge is 0.306 e. The van der Waals surface area contributed by atoms with Crippen molar-refractivity contribution < 1.29 is 19.4 Å². The molecule has 100 valence electrons. The summed E-state index contributed by atoms with van der Waals surface area (Å²) in [4.78, 5) is 23.5. The van der Waals surface area contributed by atoms with E-state index in [0.717, 1.165) is 0 Å². The summed E-state index contributed by atoms with van der Waals surface area (Å²) >= 11 is 0. The Labute approximate surface area is 104 Å². The average Bonchev–Trinajstić information content (AvgIpc) is 2.72. The standard InChI is InChI=1S/C10H16N4O4/c1-3-18-7(4-9(15)16)5-11-10(17)8-6-12-14(2)13-8/h6-7H,3-5H2,1-2H3,(H,11,17)(H,15,16). The van der Waals surface area contributed by atoms with E-state index in [9.17, 15) is 9.59 Å². The molecular formula is C10H16N4O4. The van der Waals surface area contributed by atoms with Crippen LogP contribution in [0.3, 0.4) is 0 Å². The number of hydrogen-bond acceptors (Lipinski definition) is 5. The normalized spacial score (nSPS) is 12.1. The van der Waals surface area contributed by atoms with Crippen molar-refractivity contribution in [3.63, 3.8) is 0 Å². The number of carboxylic acid groups (broad SMARTS) is 1. The molecule has 0 saturated heterocycles. The lowest BCUT2D eigenvalue weighted by Crippen LogP contribution is -2.35. The SMILES string of the molecule is CCOC(CNC(=O)c1cnn(C)n1)CC(=O)O. The number of aliphatic carboxylic acids is 1. The van der Waals surface area contributed by atoms with Crippen LogP contribution in [0.1, 0.15) is 23.8 Å². The van der Waals surface area contributed by atoms with Gasteiger partial charge in [-0.25, -0.2) is 0 Å². The van der Waals surface area contributed by atoms with Crippen LogP contribution in [0.4, 0.5) is 0 Å². The van der Waals surface area contributed by atoms with E-state index in [4.69, 9.17) is 9.84 Å². The second-order valence-corrected chi connectivity index (χ2v) is 3.60. The van der Waals surface area contributed by atoms with Gasteiger partial charge in [0.25, 0.3) is 5.91 Å². The van der Waals surface area contributed by atoms with Crippen LogP contribution in [0.25, 0.3) is 0 Å². The largest absolute Gasteiger partial charge is 0.481 e. The fraction of sp³-hybridized carbons (Fsp3) is 0.600. The lowest BCUT2D eigenvalue weighted by atomic mass is 10.2. The summed E-state index contributed by atoms with van der Waals surface area (Å²) in [7, 11) is 1.60. The van der Waals surface area contributed by atoms with Gasteiger partial charge in [0.1, 0.15) is 0 Å². The number of ether oxygens (including phenoxy) is 1. The molecule has 8 heteroatoms. The highest BCUT2D eigenvalue weighted by molar-refractivity contribution is 5.91. The monoisotopic (exact) mass is 256 g/mol. The molecule has 1 aromatic heterocycles. The Morgan fingerprint density at radius 3 is 2.83 bits per heavy atom. The molecule has 0 aliphatic rings. The fourth-order valence-corrected chi connectivity index (χ4v) is 1.37. The summed E-state index contributed by atoms with van der Waals surface area (Å²) in [5.41, 5.74) is 0.183. The minimum atomic E-state index is -0.970. The molecule has 0 aliphatic carbocycles. The summed E-state index contributed by atoms with van der Waals surface area (Å²) in [6.45, 7) is 2.27. The van der Waals surface area contributed by atoms with Crippen LogP contribution < -0.4 is 5.32 Å². The van der Waals surface area contributed by atoms with Crippen LogP contribution in [0.15, 0.2) is 6.20 Å². The molecule has 1 aromatic rings. The molecule has 0 fully saturated rings. The van der Waals surface area contributed by atoms with Crippen molar-refractivity contribution in [1.29, 1.82) is 0 Å². The molecule has 1 heterocycles. The summed E-state index contributed by atoms with van der Waals surface area (Å²) in [6, 6.07) is 0. The number of rotatable bonds is 7. The van der Waals surface area contributed by atoms with E-state index in [2.05, 4.69) is 15.5 Å². The molecule has 1 amide bonds.